The summed E-state index contributed by atoms with van der Waals surface area (Å²) in [6, 6.07) is 1.99. The zero-order chi connectivity index (χ0) is 14.8. The Morgan fingerprint density at radius 1 is 1.57 bits per heavy atom. The van der Waals surface area contributed by atoms with E-state index in [-0.39, 0.29) is 5.91 Å². The third-order valence-electron chi connectivity index (χ3n) is 4.02. The molecule has 1 aliphatic rings. The van der Waals surface area contributed by atoms with E-state index in [1.807, 2.05) is 17.3 Å². The van der Waals surface area contributed by atoms with Gasteiger partial charge in [-0.3, -0.25) is 4.79 Å². The number of likely N-dealkylation sites (tertiary alicyclic amines) is 1. The Kier molecular flexibility index (Phi) is 4.01. The molecule has 112 valence electrons. The van der Waals surface area contributed by atoms with Crippen LogP contribution >= 0.6 is 11.6 Å². The van der Waals surface area contributed by atoms with E-state index in [0.717, 1.165) is 38.2 Å². The van der Waals surface area contributed by atoms with Gasteiger partial charge in [0.2, 0.25) is 0 Å². The topological polar surface area (TPSA) is 53.9 Å². The Labute approximate surface area is 128 Å². The molecule has 2 aromatic heterocycles. The lowest BCUT2D eigenvalue weighted by Gasteiger charge is -2.33. The summed E-state index contributed by atoms with van der Waals surface area (Å²) >= 11 is 5.88. The van der Waals surface area contributed by atoms with Crippen molar-refractivity contribution in [2.75, 3.05) is 13.1 Å². The number of imidazole rings is 1. The summed E-state index contributed by atoms with van der Waals surface area (Å²) in [5.41, 5.74) is 0.557. The molecule has 1 amide bonds. The second-order valence-corrected chi connectivity index (χ2v) is 5.82. The fourth-order valence-electron chi connectivity index (χ4n) is 2.98. The van der Waals surface area contributed by atoms with Crippen LogP contribution in [0.5, 0.6) is 0 Å². The summed E-state index contributed by atoms with van der Waals surface area (Å²) < 4.78 is 2.21. The predicted molar refractivity (Wildman–Crippen MR) is 81.6 cm³/mol. The Morgan fingerprint density at radius 2 is 2.43 bits per heavy atom. The SMILES string of the molecule is CCc1nccn1[C@@H]1CCCN(C(=O)c2cc(Cl)c[nH]2)C1. The number of halogens is 1. The normalized spacial score (nSPS) is 19.0. The first kappa shape index (κ1) is 14.2. The highest BCUT2D eigenvalue weighted by Gasteiger charge is 2.26. The number of rotatable bonds is 3. The number of nitrogens with zero attached hydrogens (tertiary/aromatic N) is 3. The molecule has 0 radical (unpaired) electrons. The molecule has 5 nitrogen and oxygen atoms in total. The summed E-state index contributed by atoms with van der Waals surface area (Å²) in [7, 11) is 0. The highest BCUT2D eigenvalue weighted by atomic mass is 35.5. The highest BCUT2D eigenvalue weighted by molar-refractivity contribution is 6.30. The maximum absolute atomic E-state index is 12.5. The van der Waals surface area contributed by atoms with Gasteiger partial charge in [-0.15, -0.1) is 0 Å². The van der Waals surface area contributed by atoms with Crippen molar-refractivity contribution < 1.29 is 4.79 Å². The van der Waals surface area contributed by atoms with Gasteiger partial charge in [0.15, 0.2) is 0 Å². The minimum Gasteiger partial charge on any atom is -0.356 e. The lowest BCUT2D eigenvalue weighted by Crippen LogP contribution is -2.41. The molecule has 0 unspecified atom stereocenters. The molecular formula is C15H19ClN4O. The van der Waals surface area contributed by atoms with Crippen LogP contribution in [0, 0.1) is 0 Å². The summed E-state index contributed by atoms with van der Waals surface area (Å²) in [5.74, 6) is 1.10. The van der Waals surface area contributed by atoms with Gasteiger partial charge in [-0.25, -0.2) is 4.98 Å². The Balaban J connectivity index is 1.75. The number of aryl methyl sites for hydroxylation is 1. The van der Waals surface area contributed by atoms with Gasteiger partial charge >= 0.3 is 0 Å². The summed E-state index contributed by atoms with van der Waals surface area (Å²) in [5, 5.41) is 0.565. The van der Waals surface area contributed by atoms with Gasteiger partial charge in [0.1, 0.15) is 11.5 Å². The number of carbonyl (C=O) groups excluding carboxylic acids is 1. The molecular weight excluding hydrogens is 288 g/mol. The minimum absolute atomic E-state index is 0.0183. The number of carbonyl (C=O) groups is 1. The quantitative estimate of drug-likeness (QED) is 0.948. The number of hydrogen-bond donors (Lipinski definition) is 1. The van der Waals surface area contributed by atoms with E-state index in [0.29, 0.717) is 16.8 Å². The predicted octanol–water partition coefficient (Wildman–Crippen LogP) is 2.90. The molecule has 0 spiro atoms. The van der Waals surface area contributed by atoms with Crippen LogP contribution in [-0.2, 0) is 6.42 Å². The van der Waals surface area contributed by atoms with Crippen molar-refractivity contribution in [3.63, 3.8) is 0 Å². The number of piperidine rings is 1. The van der Waals surface area contributed by atoms with Crippen LogP contribution in [0.25, 0.3) is 0 Å². The number of nitrogens with one attached hydrogen (secondary N) is 1. The third kappa shape index (κ3) is 2.83. The molecule has 0 bridgehead atoms. The number of hydrogen-bond acceptors (Lipinski definition) is 2. The number of aromatic amines is 1. The van der Waals surface area contributed by atoms with E-state index in [1.54, 1.807) is 12.3 Å². The van der Waals surface area contributed by atoms with Crippen molar-refractivity contribution in [3.8, 4) is 0 Å². The van der Waals surface area contributed by atoms with Crippen molar-refractivity contribution in [2.24, 2.45) is 0 Å². The van der Waals surface area contributed by atoms with Crippen molar-refractivity contribution in [2.45, 2.75) is 32.2 Å². The Hall–Kier alpha value is -1.75. The summed E-state index contributed by atoms with van der Waals surface area (Å²) in [6.45, 7) is 3.62. The smallest absolute Gasteiger partial charge is 0.270 e. The van der Waals surface area contributed by atoms with Crippen LogP contribution in [0.3, 0.4) is 0 Å². The Bertz CT molecular complexity index is 633. The van der Waals surface area contributed by atoms with Crippen molar-refractivity contribution in [1.29, 1.82) is 0 Å². The van der Waals surface area contributed by atoms with E-state index < -0.39 is 0 Å². The van der Waals surface area contributed by atoms with Gasteiger partial charge < -0.3 is 14.5 Å². The van der Waals surface area contributed by atoms with E-state index in [2.05, 4.69) is 21.5 Å². The zero-order valence-corrected chi connectivity index (χ0v) is 12.8. The fourth-order valence-corrected chi connectivity index (χ4v) is 3.14. The molecule has 0 aromatic carbocycles. The zero-order valence-electron chi connectivity index (χ0n) is 12.1. The maximum atomic E-state index is 12.5. The van der Waals surface area contributed by atoms with Crippen LogP contribution < -0.4 is 0 Å². The number of H-pyrrole nitrogens is 1. The molecule has 6 heteroatoms. The molecule has 0 saturated carbocycles. The van der Waals surface area contributed by atoms with Gasteiger partial charge in [-0.1, -0.05) is 18.5 Å². The van der Waals surface area contributed by atoms with Crippen molar-refractivity contribution >= 4 is 17.5 Å². The molecule has 1 N–H and O–H groups in total. The maximum Gasteiger partial charge on any atom is 0.270 e. The first-order valence-corrected chi connectivity index (χ1v) is 7.71. The molecule has 21 heavy (non-hydrogen) atoms. The number of aromatic nitrogens is 3. The highest BCUT2D eigenvalue weighted by Crippen LogP contribution is 2.24. The molecule has 1 fully saturated rings. The molecule has 3 rings (SSSR count). The van der Waals surface area contributed by atoms with Gasteiger partial charge in [0.25, 0.3) is 5.91 Å². The fraction of sp³-hybridized carbons (Fsp3) is 0.467. The molecule has 1 aliphatic heterocycles. The third-order valence-corrected chi connectivity index (χ3v) is 4.24. The average molecular weight is 307 g/mol. The van der Waals surface area contributed by atoms with E-state index in [9.17, 15) is 4.79 Å². The first-order valence-electron chi connectivity index (χ1n) is 7.34. The largest absolute Gasteiger partial charge is 0.356 e. The standard InChI is InChI=1S/C15H19ClN4O/c1-2-14-17-5-7-20(14)12-4-3-6-19(10-12)15(21)13-8-11(16)9-18-13/h5,7-9,12,18H,2-4,6,10H2,1H3/t12-/m1/s1. The van der Waals surface area contributed by atoms with Crippen molar-refractivity contribution in [1.82, 2.24) is 19.4 Å². The van der Waals surface area contributed by atoms with Crippen LogP contribution in [0.1, 0.15) is 42.1 Å². The summed E-state index contributed by atoms with van der Waals surface area (Å²) in [4.78, 5) is 21.7. The average Bonchev–Trinajstić information content (AvgIpc) is 3.15. The van der Waals surface area contributed by atoms with Crippen LogP contribution in [0.15, 0.2) is 24.7 Å². The van der Waals surface area contributed by atoms with Crippen LogP contribution in [0.2, 0.25) is 5.02 Å². The molecule has 3 heterocycles. The van der Waals surface area contributed by atoms with Crippen LogP contribution in [-0.4, -0.2) is 38.4 Å². The molecule has 2 aromatic rings. The monoisotopic (exact) mass is 306 g/mol. The minimum atomic E-state index is 0.0183. The van der Waals surface area contributed by atoms with Crippen molar-refractivity contribution in [3.05, 3.63) is 41.2 Å². The van der Waals surface area contributed by atoms with Gasteiger partial charge in [0.05, 0.1) is 11.1 Å². The summed E-state index contributed by atoms with van der Waals surface area (Å²) in [6.07, 6.45) is 8.49. The Morgan fingerprint density at radius 3 is 3.14 bits per heavy atom. The lowest BCUT2D eigenvalue weighted by molar-refractivity contribution is 0.0672. The first-order chi connectivity index (χ1) is 10.2. The lowest BCUT2D eigenvalue weighted by atomic mass is 10.0. The van der Waals surface area contributed by atoms with E-state index >= 15 is 0 Å². The second kappa shape index (κ2) is 5.93. The van der Waals surface area contributed by atoms with Gasteiger partial charge in [-0.05, 0) is 18.9 Å². The van der Waals surface area contributed by atoms with Gasteiger partial charge in [0, 0.05) is 38.1 Å². The number of amides is 1. The molecule has 1 atom stereocenters. The second-order valence-electron chi connectivity index (χ2n) is 5.38. The van der Waals surface area contributed by atoms with Crippen LogP contribution in [0.4, 0.5) is 0 Å². The molecule has 1 saturated heterocycles. The molecule has 0 aliphatic carbocycles. The van der Waals surface area contributed by atoms with E-state index in [4.69, 9.17) is 11.6 Å². The van der Waals surface area contributed by atoms with E-state index in [1.165, 1.54) is 0 Å². The van der Waals surface area contributed by atoms with Gasteiger partial charge in [-0.2, -0.15) is 0 Å².